The molecule has 11 nitrogen and oxygen atoms in total. The number of nitrogens with one attached hydrogen (secondary N) is 1. The molecular formula is C23H20FN7O4. The molecule has 0 radical (unpaired) electrons. The number of hydrogen-bond acceptors (Lipinski definition) is 8. The summed E-state index contributed by atoms with van der Waals surface area (Å²) in [6, 6.07) is 5.89. The van der Waals surface area contributed by atoms with Crippen molar-refractivity contribution in [1.82, 2.24) is 24.5 Å². The molecule has 4 rings (SSSR count). The molecule has 4 aromatic rings. The van der Waals surface area contributed by atoms with Gasteiger partial charge in [-0.2, -0.15) is 10.4 Å². The van der Waals surface area contributed by atoms with Gasteiger partial charge in [-0.15, -0.1) is 0 Å². The first-order valence-corrected chi connectivity index (χ1v) is 10.4. The lowest BCUT2D eigenvalue weighted by molar-refractivity contribution is 0.101. The van der Waals surface area contributed by atoms with E-state index in [1.165, 1.54) is 31.6 Å². The second-order valence-electron chi connectivity index (χ2n) is 7.96. The van der Waals surface area contributed by atoms with Crippen molar-refractivity contribution in [3.8, 4) is 11.8 Å². The van der Waals surface area contributed by atoms with Crippen LogP contribution in [-0.2, 0) is 14.1 Å². The van der Waals surface area contributed by atoms with Gasteiger partial charge in [0.05, 0.1) is 24.0 Å². The Morgan fingerprint density at radius 1 is 1.31 bits per heavy atom. The van der Waals surface area contributed by atoms with Crippen LogP contribution in [0, 0.1) is 17.1 Å². The number of rotatable bonds is 6. The number of nitriles is 1. The van der Waals surface area contributed by atoms with Crippen LogP contribution >= 0.6 is 0 Å². The molecule has 0 saturated heterocycles. The van der Waals surface area contributed by atoms with Crippen LogP contribution in [0.25, 0.3) is 0 Å². The number of aryl methyl sites for hydroxylation is 1. The highest BCUT2D eigenvalue weighted by molar-refractivity contribution is 6.04. The summed E-state index contributed by atoms with van der Waals surface area (Å²) in [7, 11) is 3.14. The Morgan fingerprint density at radius 3 is 2.71 bits per heavy atom. The van der Waals surface area contributed by atoms with Crippen molar-refractivity contribution in [3.05, 3.63) is 87.4 Å². The zero-order valence-electron chi connectivity index (χ0n) is 18.9. The maximum Gasteiger partial charge on any atom is 0.296 e. The molecule has 178 valence electrons. The molecule has 35 heavy (non-hydrogen) atoms. The Balaban J connectivity index is 1.86. The molecule has 1 aromatic carbocycles. The quantitative estimate of drug-likeness (QED) is 0.429. The normalized spacial score (nSPS) is 12.7. The van der Waals surface area contributed by atoms with E-state index in [1.54, 1.807) is 31.0 Å². The number of hydrogen-bond donors (Lipinski definition) is 2. The molecule has 0 fully saturated rings. The van der Waals surface area contributed by atoms with Gasteiger partial charge in [-0.05, 0) is 23.3 Å². The molecule has 0 aliphatic heterocycles. The van der Waals surface area contributed by atoms with Gasteiger partial charge >= 0.3 is 0 Å². The van der Waals surface area contributed by atoms with E-state index in [-0.39, 0.29) is 17.1 Å². The van der Waals surface area contributed by atoms with Crippen molar-refractivity contribution >= 4 is 11.6 Å². The van der Waals surface area contributed by atoms with Gasteiger partial charge in [0, 0.05) is 32.1 Å². The van der Waals surface area contributed by atoms with Crippen molar-refractivity contribution in [1.29, 1.82) is 5.26 Å². The van der Waals surface area contributed by atoms with Crippen molar-refractivity contribution in [3.63, 3.8) is 0 Å². The van der Waals surface area contributed by atoms with E-state index in [0.29, 0.717) is 11.1 Å². The minimum absolute atomic E-state index is 0.111. The maximum absolute atomic E-state index is 13.9. The smallest absolute Gasteiger partial charge is 0.296 e. The lowest BCUT2D eigenvalue weighted by Gasteiger charge is -2.26. The second-order valence-corrected chi connectivity index (χ2v) is 7.96. The molecule has 1 amide bonds. The number of halogens is 1. The number of benzene rings is 1. The summed E-state index contributed by atoms with van der Waals surface area (Å²) in [5, 5.41) is 30.2. The van der Waals surface area contributed by atoms with Gasteiger partial charge in [0.2, 0.25) is 5.75 Å². The van der Waals surface area contributed by atoms with Gasteiger partial charge in [0.25, 0.3) is 11.5 Å². The van der Waals surface area contributed by atoms with Gasteiger partial charge in [-0.25, -0.2) is 9.37 Å². The molecule has 0 spiro atoms. The fourth-order valence-corrected chi connectivity index (χ4v) is 4.01. The highest BCUT2D eigenvalue weighted by Gasteiger charge is 2.31. The SMILES string of the molecule is C[C@@H](c1nc(C(=O)Nc2cnoc2)c(O)c(=O)n1C)[C@@H](c1cnn(C)c1)c1ccc(F)cc1C#N. The Morgan fingerprint density at radius 2 is 2.09 bits per heavy atom. The van der Waals surface area contributed by atoms with Gasteiger partial charge in [0.1, 0.15) is 23.6 Å². The minimum atomic E-state index is -0.839. The van der Waals surface area contributed by atoms with Gasteiger partial charge in [-0.1, -0.05) is 18.1 Å². The molecule has 3 heterocycles. The van der Waals surface area contributed by atoms with E-state index < -0.39 is 40.6 Å². The van der Waals surface area contributed by atoms with Gasteiger partial charge < -0.3 is 14.9 Å². The van der Waals surface area contributed by atoms with Crippen LogP contribution in [-0.4, -0.2) is 35.5 Å². The highest BCUT2D eigenvalue weighted by atomic mass is 19.1. The predicted molar refractivity (Wildman–Crippen MR) is 120 cm³/mol. The topological polar surface area (TPSA) is 152 Å². The number of amides is 1. The molecule has 0 aliphatic rings. The zero-order chi connectivity index (χ0) is 25.3. The fourth-order valence-electron chi connectivity index (χ4n) is 4.01. The molecule has 3 aromatic heterocycles. The van der Waals surface area contributed by atoms with Crippen LogP contribution in [0.1, 0.15) is 51.8 Å². The van der Waals surface area contributed by atoms with Crippen molar-refractivity contribution in [2.24, 2.45) is 14.1 Å². The van der Waals surface area contributed by atoms with Crippen LogP contribution in [0.2, 0.25) is 0 Å². The zero-order valence-corrected chi connectivity index (χ0v) is 18.9. The third-order valence-corrected chi connectivity index (χ3v) is 5.67. The highest BCUT2D eigenvalue weighted by Crippen LogP contribution is 2.39. The van der Waals surface area contributed by atoms with Crippen molar-refractivity contribution in [2.45, 2.75) is 18.8 Å². The summed E-state index contributed by atoms with van der Waals surface area (Å²) in [4.78, 5) is 29.9. The fraction of sp³-hybridized carbons (Fsp3) is 0.217. The summed E-state index contributed by atoms with van der Waals surface area (Å²) < 4.78 is 21.3. The van der Waals surface area contributed by atoms with Crippen LogP contribution < -0.4 is 10.9 Å². The van der Waals surface area contributed by atoms with Crippen molar-refractivity contribution < 1.29 is 18.8 Å². The number of aromatic nitrogens is 5. The van der Waals surface area contributed by atoms with Gasteiger partial charge in [0.15, 0.2) is 5.69 Å². The van der Waals surface area contributed by atoms with Crippen LogP contribution in [0.3, 0.4) is 0 Å². The molecule has 2 N–H and O–H groups in total. The summed E-state index contributed by atoms with van der Waals surface area (Å²) in [6.45, 7) is 1.75. The Labute approximate surface area is 198 Å². The minimum Gasteiger partial charge on any atom is -0.501 e. The Hall–Kier alpha value is -4.79. The van der Waals surface area contributed by atoms with Crippen LogP contribution in [0.15, 0.2) is 52.4 Å². The lowest BCUT2D eigenvalue weighted by atomic mass is 9.80. The average Bonchev–Trinajstić information content (AvgIpc) is 3.50. The standard InChI is InChI=1S/C23H20FN7O4/c1-12(18(14-8-26-30(2)10-14)17-5-4-15(24)6-13(17)7-25)21-29-19(20(32)23(34)31(21)3)22(33)28-16-9-27-35-11-16/h4-6,8-12,18,32H,1-3H3,(H,28,33)/t12-,18+/m1/s1. The van der Waals surface area contributed by atoms with E-state index in [9.17, 15) is 24.3 Å². The molecule has 0 aliphatic carbocycles. The number of nitrogens with zero attached hydrogens (tertiary/aromatic N) is 6. The molecule has 0 bridgehead atoms. The molecule has 0 saturated carbocycles. The summed E-state index contributed by atoms with van der Waals surface area (Å²) in [6.07, 6.45) is 5.76. The number of carbonyl (C=O) groups is 1. The Kier molecular flexibility index (Phi) is 6.16. The van der Waals surface area contributed by atoms with Crippen molar-refractivity contribution in [2.75, 3.05) is 5.32 Å². The third-order valence-electron chi connectivity index (χ3n) is 5.67. The first-order valence-electron chi connectivity index (χ1n) is 10.4. The monoisotopic (exact) mass is 477 g/mol. The largest absolute Gasteiger partial charge is 0.501 e. The first-order chi connectivity index (χ1) is 16.7. The lowest BCUT2D eigenvalue weighted by Crippen LogP contribution is -2.29. The summed E-state index contributed by atoms with van der Waals surface area (Å²) in [5.74, 6) is -3.27. The first kappa shape index (κ1) is 23.4. The second kappa shape index (κ2) is 9.22. The number of anilines is 1. The third kappa shape index (κ3) is 4.39. The summed E-state index contributed by atoms with van der Waals surface area (Å²) in [5.41, 5.74) is 0.181. The van der Waals surface area contributed by atoms with E-state index in [2.05, 4.69) is 25.1 Å². The molecular weight excluding hydrogens is 457 g/mol. The van der Waals surface area contributed by atoms with E-state index >= 15 is 0 Å². The van der Waals surface area contributed by atoms with Crippen LogP contribution in [0.4, 0.5) is 10.1 Å². The van der Waals surface area contributed by atoms with E-state index in [1.807, 2.05) is 6.07 Å². The van der Waals surface area contributed by atoms with E-state index in [4.69, 9.17) is 0 Å². The molecule has 2 atom stereocenters. The summed E-state index contributed by atoms with van der Waals surface area (Å²) >= 11 is 0. The average molecular weight is 477 g/mol. The number of carbonyl (C=O) groups excluding carboxylic acids is 1. The van der Waals surface area contributed by atoms with Gasteiger partial charge in [-0.3, -0.25) is 18.8 Å². The van der Waals surface area contributed by atoms with Crippen LogP contribution in [0.5, 0.6) is 5.75 Å². The maximum atomic E-state index is 13.9. The van der Waals surface area contributed by atoms with E-state index in [0.717, 1.165) is 10.6 Å². The Bertz CT molecular complexity index is 1500. The molecule has 0 unspecified atom stereocenters. The number of aromatic hydroxyl groups is 1. The predicted octanol–water partition coefficient (Wildman–Crippen LogP) is 2.41. The molecule has 12 heteroatoms.